The van der Waals surface area contributed by atoms with E-state index in [1.54, 1.807) is 0 Å². The van der Waals surface area contributed by atoms with E-state index in [0.717, 1.165) is 24.3 Å². The van der Waals surface area contributed by atoms with Crippen LogP contribution in [0.2, 0.25) is 0 Å². The molecule has 3 atom stereocenters. The zero-order valence-corrected chi connectivity index (χ0v) is 12.4. The van der Waals surface area contributed by atoms with Gasteiger partial charge in [-0.2, -0.15) is 0 Å². The number of ether oxygens (including phenoxy) is 1. The SMILES string of the molecule is CCOc1ccc(C(C)N2CCC(C)C2C(=O)O)cc1. The minimum atomic E-state index is -0.715. The van der Waals surface area contributed by atoms with E-state index in [9.17, 15) is 9.90 Å². The van der Waals surface area contributed by atoms with Gasteiger partial charge in [0.25, 0.3) is 0 Å². The first-order valence-corrected chi connectivity index (χ1v) is 7.26. The molecule has 1 aliphatic heterocycles. The molecule has 1 aromatic rings. The Hall–Kier alpha value is -1.55. The number of hydrogen-bond donors (Lipinski definition) is 1. The average molecular weight is 277 g/mol. The first-order chi connectivity index (χ1) is 9.54. The Morgan fingerprint density at radius 2 is 2.10 bits per heavy atom. The Morgan fingerprint density at radius 3 is 2.65 bits per heavy atom. The van der Waals surface area contributed by atoms with Crippen molar-refractivity contribution >= 4 is 5.97 Å². The second-order valence-electron chi connectivity index (χ2n) is 5.46. The van der Waals surface area contributed by atoms with Crippen molar-refractivity contribution in [2.45, 2.75) is 39.3 Å². The number of aliphatic carboxylic acids is 1. The first-order valence-electron chi connectivity index (χ1n) is 7.26. The first kappa shape index (κ1) is 14.9. The second kappa shape index (κ2) is 6.27. The van der Waals surface area contributed by atoms with Crippen molar-refractivity contribution in [3.05, 3.63) is 29.8 Å². The summed E-state index contributed by atoms with van der Waals surface area (Å²) in [5.41, 5.74) is 1.13. The molecule has 1 aromatic carbocycles. The molecular weight excluding hydrogens is 254 g/mol. The molecule has 1 aliphatic rings. The Labute approximate surface area is 120 Å². The molecule has 0 radical (unpaired) electrons. The lowest BCUT2D eigenvalue weighted by Crippen LogP contribution is -2.40. The van der Waals surface area contributed by atoms with Crippen molar-refractivity contribution in [3.8, 4) is 5.75 Å². The van der Waals surface area contributed by atoms with Crippen LogP contribution in [0.1, 0.15) is 38.8 Å². The van der Waals surface area contributed by atoms with Gasteiger partial charge < -0.3 is 9.84 Å². The highest BCUT2D eigenvalue weighted by Gasteiger charge is 2.39. The highest BCUT2D eigenvalue weighted by molar-refractivity contribution is 5.74. The van der Waals surface area contributed by atoms with Crippen LogP contribution < -0.4 is 4.74 Å². The third-order valence-corrected chi connectivity index (χ3v) is 4.16. The van der Waals surface area contributed by atoms with Crippen molar-refractivity contribution in [2.24, 2.45) is 5.92 Å². The van der Waals surface area contributed by atoms with Gasteiger partial charge in [-0.25, -0.2) is 0 Å². The zero-order chi connectivity index (χ0) is 14.7. The summed E-state index contributed by atoms with van der Waals surface area (Å²) in [6.07, 6.45) is 0.943. The van der Waals surface area contributed by atoms with E-state index >= 15 is 0 Å². The van der Waals surface area contributed by atoms with Gasteiger partial charge in [0.2, 0.25) is 0 Å². The number of benzene rings is 1. The van der Waals surface area contributed by atoms with Crippen molar-refractivity contribution in [1.82, 2.24) is 4.90 Å². The van der Waals surface area contributed by atoms with Crippen molar-refractivity contribution in [1.29, 1.82) is 0 Å². The Bertz CT molecular complexity index is 457. The predicted molar refractivity (Wildman–Crippen MR) is 77.9 cm³/mol. The van der Waals surface area contributed by atoms with E-state index < -0.39 is 5.97 Å². The molecule has 4 heteroatoms. The van der Waals surface area contributed by atoms with Gasteiger partial charge in [0.15, 0.2) is 0 Å². The maximum absolute atomic E-state index is 11.4. The maximum Gasteiger partial charge on any atom is 0.321 e. The molecule has 0 aromatic heterocycles. The fourth-order valence-electron chi connectivity index (χ4n) is 3.00. The van der Waals surface area contributed by atoms with E-state index in [2.05, 4.69) is 11.8 Å². The van der Waals surface area contributed by atoms with Crippen LogP contribution in [0, 0.1) is 5.92 Å². The lowest BCUT2D eigenvalue weighted by Gasteiger charge is -2.29. The van der Waals surface area contributed by atoms with Crippen molar-refractivity contribution in [3.63, 3.8) is 0 Å². The number of carboxylic acid groups (broad SMARTS) is 1. The van der Waals surface area contributed by atoms with Gasteiger partial charge in [0.05, 0.1) is 6.61 Å². The van der Waals surface area contributed by atoms with Gasteiger partial charge in [-0.15, -0.1) is 0 Å². The standard InChI is InChI=1S/C16H23NO3/c1-4-20-14-7-5-13(6-8-14)12(3)17-10-9-11(2)15(17)16(18)19/h5-8,11-12,15H,4,9-10H2,1-3H3,(H,18,19). The van der Waals surface area contributed by atoms with Gasteiger partial charge in [0, 0.05) is 6.04 Å². The van der Waals surface area contributed by atoms with Gasteiger partial charge in [-0.3, -0.25) is 9.69 Å². The molecule has 0 aliphatic carbocycles. The molecule has 1 N–H and O–H groups in total. The van der Waals surface area contributed by atoms with Crippen LogP contribution in [0.25, 0.3) is 0 Å². The van der Waals surface area contributed by atoms with Crippen LogP contribution in [0.3, 0.4) is 0 Å². The average Bonchev–Trinajstić information content (AvgIpc) is 2.81. The number of hydrogen-bond acceptors (Lipinski definition) is 3. The molecular formula is C16H23NO3. The number of nitrogens with zero attached hydrogens (tertiary/aromatic N) is 1. The molecule has 1 saturated heterocycles. The topological polar surface area (TPSA) is 49.8 Å². The van der Waals surface area contributed by atoms with Gasteiger partial charge in [0.1, 0.15) is 11.8 Å². The number of carbonyl (C=O) groups is 1. The fourth-order valence-corrected chi connectivity index (χ4v) is 3.00. The Morgan fingerprint density at radius 1 is 1.45 bits per heavy atom. The van der Waals surface area contributed by atoms with E-state index in [1.165, 1.54) is 0 Å². The molecule has 1 heterocycles. The second-order valence-corrected chi connectivity index (χ2v) is 5.46. The van der Waals surface area contributed by atoms with Crippen LogP contribution in [0.4, 0.5) is 0 Å². The van der Waals surface area contributed by atoms with Crippen LogP contribution >= 0.6 is 0 Å². The minimum absolute atomic E-state index is 0.108. The molecule has 110 valence electrons. The van der Waals surface area contributed by atoms with Crippen molar-refractivity contribution < 1.29 is 14.6 Å². The van der Waals surface area contributed by atoms with Crippen LogP contribution in [-0.4, -0.2) is 35.2 Å². The number of carboxylic acids is 1. The highest BCUT2D eigenvalue weighted by atomic mass is 16.5. The largest absolute Gasteiger partial charge is 0.494 e. The van der Waals surface area contributed by atoms with Crippen molar-refractivity contribution in [2.75, 3.05) is 13.2 Å². The van der Waals surface area contributed by atoms with E-state index in [-0.39, 0.29) is 18.0 Å². The lowest BCUT2D eigenvalue weighted by molar-refractivity contribution is -0.144. The summed E-state index contributed by atoms with van der Waals surface area (Å²) in [6.45, 7) is 7.54. The monoisotopic (exact) mass is 277 g/mol. The Kier molecular flexibility index (Phi) is 4.65. The molecule has 0 amide bonds. The van der Waals surface area contributed by atoms with E-state index in [1.807, 2.05) is 38.1 Å². The summed E-state index contributed by atoms with van der Waals surface area (Å²) in [4.78, 5) is 13.5. The zero-order valence-electron chi connectivity index (χ0n) is 12.4. The molecule has 0 bridgehead atoms. The van der Waals surface area contributed by atoms with Gasteiger partial charge in [-0.05, 0) is 50.4 Å². The number of rotatable bonds is 5. The third kappa shape index (κ3) is 2.96. The quantitative estimate of drug-likeness (QED) is 0.899. The third-order valence-electron chi connectivity index (χ3n) is 4.16. The summed E-state index contributed by atoms with van der Waals surface area (Å²) in [6, 6.07) is 7.68. The molecule has 3 unspecified atom stereocenters. The van der Waals surface area contributed by atoms with Crippen LogP contribution in [0.5, 0.6) is 5.75 Å². The van der Waals surface area contributed by atoms with Crippen LogP contribution in [0.15, 0.2) is 24.3 Å². The molecule has 0 spiro atoms. The summed E-state index contributed by atoms with van der Waals surface area (Å²) in [5, 5.41) is 9.40. The summed E-state index contributed by atoms with van der Waals surface area (Å²) in [5.74, 6) is 0.346. The summed E-state index contributed by atoms with van der Waals surface area (Å²) in [7, 11) is 0. The maximum atomic E-state index is 11.4. The van der Waals surface area contributed by atoms with Crippen LogP contribution in [-0.2, 0) is 4.79 Å². The fraction of sp³-hybridized carbons (Fsp3) is 0.562. The predicted octanol–water partition coefficient (Wildman–Crippen LogP) is 2.94. The highest BCUT2D eigenvalue weighted by Crippen LogP contribution is 2.33. The van der Waals surface area contributed by atoms with Gasteiger partial charge >= 0.3 is 5.97 Å². The molecule has 4 nitrogen and oxygen atoms in total. The molecule has 20 heavy (non-hydrogen) atoms. The minimum Gasteiger partial charge on any atom is -0.494 e. The summed E-state index contributed by atoms with van der Waals surface area (Å²) < 4.78 is 5.43. The number of likely N-dealkylation sites (tertiary alicyclic amines) is 1. The van der Waals surface area contributed by atoms with E-state index in [0.29, 0.717) is 6.61 Å². The normalized spacial score (nSPS) is 24.6. The molecule has 2 rings (SSSR count). The van der Waals surface area contributed by atoms with Gasteiger partial charge in [-0.1, -0.05) is 19.1 Å². The molecule has 1 fully saturated rings. The smallest absolute Gasteiger partial charge is 0.321 e. The molecule has 0 saturated carbocycles. The Balaban J connectivity index is 2.13. The summed E-state index contributed by atoms with van der Waals surface area (Å²) >= 11 is 0. The van der Waals surface area contributed by atoms with E-state index in [4.69, 9.17) is 4.74 Å². The lowest BCUT2D eigenvalue weighted by atomic mass is 10.0.